The van der Waals surface area contributed by atoms with Gasteiger partial charge in [-0.05, 0) is 29.6 Å². The number of nitrogens with zero attached hydrogens (tertiary/aromatic N) is 2. The van der Waals surface area contributed by atoms with E-state index in [0.717, 1.165) is 4.68 Å². The van der Waals surface area contributed by atoms with Gasteiger partial charge in [0.25, 0.3) is 11.8 Å². The fraction of sp³-hybridized carbons (Fsp3) is 0.176. The van der Waals surface area contributed by atoms with Gasteiger partial charge in [-0.15, -0.1) is 16.4 Å². The molecule has 2 aromatic heterocycles. The van der Waals surface area contributed by atoms with Gasteiger partial charge >= 0.3 is 5.76 Å². The van der Waals surface area contributed by atoms with Gasteiger partial charge in [0.15, 0.2) is 0 Å². The fourth-order valence-electron chi connectivity index (χ4n) is 2.27. The number of thiophene rings is 1. The second-order valence-corrected chi connectivity index (χ2v) is 6.85. The van der Waals surface area contributed by atoms with Crippen molar-refractivity contribution in [3.8, 4) is 16.5 Å². The first-order chi connectivity index (χ1) is 13.5. The van der Waals surface area contributed by atoms with Crippen LogP contribution in [0.15, 0.2) is 44.9 Å². The topological polar surface area (TPSA) is 115 Å². The van der Waals surface area contributed by atoms with Gasteiger partial charge in [-0.3, -0.25) is 20.4 Å². The summed E-state index contributed by atoms with van der Waals surface area (Å²) in [6.45, 7) is -0.00407. The zero-order valence-electron chi connectivity index (χ0n) is 14.6. The summed E-state index contributed by atoms with van der Waals surface area (Å²) in [5.41, 5.74) is 4.71. The number of rotatable bonds is 6. The van der Waals surface area contributed by atoms with Crippen molar-refractivity contribution in [3.63, 3.8) is 0 Å². The van der Waals surface area contributed by atoms with Gasteiger partial charge in [-0.1, -0.05) is 17.7 Å². The van der Waals surface area contributed by atoms with E-state index in [1.807, 2.05) is 11.4 Å². The van der Waals surface area contributed by atoms with Crippen molar-refractivity contribution in [3.05, 3.63) is 56.8 Å². The second-order valence-electron chi connectivity index (χ2n) is 5.47. The minimum atomic E-state index is -0.663. The maximum atomic E-state index is 12.2. The van der Waals surface area contributed by atoms with Gasteiger partial charge in [0.05, 0.1) is 24.1 Å². The Morgan fingerprint density at radius 2 is 2.14 bits per heavy atom. The lowest BCUT2D eigenvalue weighted by Crippen LogP contribution is -2.42. The van der Waals surface area contributed by atoms with Crippen LogP contribution in [0.25, 0.3) is 10.8 Å². The molecule has 0 atom stereocenters. The molecular formula is C17H15ClN4O5S. The van der Waals surface area contributed by atoms with Crippen LogP contribution in [-0.4, -0.2) is 28.7 Å². The molecule has 3 aromatic rings. The van der Waals surface area contributed by atoms with Crippen LogP contribution in [0, 0.1) is 0 Å². The predicted octanol–water partition coefficient (Wildman–Crippen LogP) is 2.08. The average Bonchev–Trinajstić information content (AvgIpc) is 3.34. The molecule has 0 unspecified atom stereocenters. The first-order valence-electron chi connectivity index (χ1n) is 8.02. The predicted molar refractivity (Wildman–Crippen MR) is 102 cm³/mol. The van der Waals surface area contributed by atoms with Gasteiger partial charge in [-0.25, -0.2) is 4.79 Å². The number of hydrogen-bond donors (Lipinski definition) is 2. The van der Waals surface area contributed by atoms with Crippen LogP contribution in [0.5, 0.6) is 5.75 Å². The summed E-state index contributed by atoms with van der Waals surface area (Å²) in [5.74, 6) is -1.26. The number of hydrogen-bond acceptors (Lipinski definition) is 7. The number of benzene rings is 1. The van der Waals surface area contributed by atoms with Crippen LogP contribution in [0.2, 0.25) is 5.02 Å². The molecule has 0 aliphatic carbocycles. The van der Waals surface area contributed by atoms with Crippen LogP contribution >= 0.6 is 22.9 Å². The molecule has 0 fully saturated rings. The van der Waals surface area contributed by atoms with Crippen molar-refractivity contribution >= 4 is 34.8 Å². The SMILES string of the molecule is COc1ccc(Cl)cc1C(=O)NNC(=O)CCn1nc(-c2cccs2)oc1=O. The Hall–Kier alpha value is -3.11. The molecule has 0 saturated carbocycles. The lowest BCUT2D eigenvalue weighted by molar-refractivity contribution is -0.122. The number of amides is 2. The lowest BCUT2D eigenvalue weighted by Gasteiger charge is -2.10. The molecule has 0 aliphatic heterocycles. The van der Waals surface area contributed by atoms with Crippen molar-refractivity contribution in [2.45, 2.75) is 13.0 Å². The summed E-state index contributed by atoms with van der Waals surface area (Å²) in [6.07, 6.45) is -0.0940. The second kappa shape index (κ2) is 8.72. The smallest absolute Gasteiger partial charge is 0.437 e. The third kappa shape index (κ3) is 4.59. The maximum Gasteiger partial charge on any atom is 0.437 e. The number of carbonyl (C=O) groups excluding carboxylic acids is 2. The summed E-state index contributed by atoms with van der Waals surface area (Å²) in [4.78, 5) is 36.7. The molecule has 1 aromatic carbocycles. The van der Waals surface area contributed by atoms with E-state index in [1.54, 1.807) is 18.2 Å². The van der Waals surface area contributed by atoms with Crippen LogP contribution in [0.1, 0.15) is 16.8 Å². The number of aryl methyl sites for hydroxylation is 1. The van der Waals surface area contributed by atoms with Gasteiger partial charge in [0, 0.05) is 11.4 Å². The van der Waals surface area contributed by atoms with Crippen LogP contribution in [0.4, 0.5) is 0 Å². The zero-order chi connectivity index (χ0) is 20.1. The average molecular weight is 423 g/mol. The summed E-state index contributed by atoms with van der Waals surface area (Å²) in [5, 5.41) is 6.23. The number of halogens is 1. The van der Waals surface area contributed by atoms with E-state index < -0.39 is 17.6 Å². The first-order valence-corrected chi connectivity index (χ1v) is 9.28. The van der Waals surface area contributed by atoms with E-state index in [-0.39, 0.29) is 24.4 Å². The van der Waals surface area contributed by atoms with Gasteiger partial charge in [0.1, 0.15) is 5.75 Å². The number of methoxy groups -OCH3 is 1. The number of hydrazine groups is 1. The van der Waals surface area contributed by atoms with Gasteiger partial charge in [-0.2, -0.15) is 4.68 Å². The van der Waals surface area contributed by atoms with E-state index in [1.165, 1.54) is 24.5 Å². The summed E-state index contributed by atoms with van der Waals surface area (Å²) < 4.78 is 11.2. The van der Waals surface area contributed by atoms with Crippen LogP contribution in [0.3, 0.4) is 0 Å². The molecule has 0 spiro atoms. The highest BCUT2D eigenvalue weighted by Crippen LogP contribution is 2.22. The molecular weight excluding hydrogens is 408 g/mol. The molecule has 0 saturated heterocycles. The molecule has 11 heteroatoms. The van der Waals surface area contributed by atoms with Gasteiger partial charge < -0.3 is 9.15 Å². The van der Waals surface area contributed by atoms with Crippen LogP contribution < -0.4 is 21.3 Å². The Morgan fingerprint density at radius 3 is 2.86 bits per heavy atom. The van der Waals surface area contributed by atoms with E-state index in [4.69, 9.17) is 20.8 Å². The van der Waals surface area contributed by atoms with E-state index in [2.05, 4.69) is 16.0 Å². The molecule has 146 valence electrons. The third-order valence-electron chi connectivity index (χ3n) is 3.61. The molecule has 2 N–H and O–H groups in total. The third-order valence-corrected chi connectivity index (χ3v) is 4.70. The molecule has 2 amide bonds. The van der Waals surface area contributed by atoms with Crippen molar-refractivity contribution in [1.29, 1.82) is 0 Å². The standard InChI is InChI=1S/C17H15ClN4O5S/c1-26-12-5-4-10(18)9-11(12)15(24)20-19-14(23)6-7-22-17(25)27-16(21-22)13-3-2-8-28-13/h2-5,8-9H,6-7H2,1H3,(H,19,23)(H,20,24). The summed E-state index contributed by atoms with van der Waals surface area (Å²) >= 11 is 7.26. The van der Waals surface area contributed by atoms with Crippen molar-refractivity contribution in [2.75, 3.05) is 7.11 Å². The highest BCUT2D eigenvalue weighted by molar-refractivity contribution is 7.13. The molecule has 28 heavy (non-hydrogen) atoms. The Balaban J connectivity index is 1.55. The quantitative estimate of drug-likeness (QED) is 0.587. The number of ether oxygens (including phenoxy) is 1. The first kappa shape index (κ1) is 19.6. The molecule has 0 radical (unpaired) electrons. The minimum absolute atomic E-state index is 0.00407. The monoisotopic (exact) mass is 422 g/mol. The highest BCUT2D eigenvalue weighted by atomic mass is 35.5. The van der Waals surface area contributed by atoms with E-state index >= 15 is 0 Å². The van der Waals surface area contributed by atoms with Crippen molar-refractivity contribution in [2.24, 2.45) is 0 Å². The lowest BCUT2D eigenvalue weighted by atomic mass is 10.2. The van der Waals surface area contributed by atoms with E-state index in [9.17, 15) is 14.4 Å². The Labute approximate surface area is 167 Å². The number of aromatic nitrogens is 2. The number of nitrogens with one attached hydrogen (secondary N) is 2. The molecule has 3 rings (SSSR count). The van der Waals surface area contributed by atoms with E-state index in [0.29, 0.717) is 15.6 Å². The molecule has 0 aliphatic rings. The normalized spacial score (nSPS) is 10.5. The maximum absolute atomic E-state index is 12.2. The largest absolute Gasteiger partial charge is 0.496 e. The summed E-state index contributed by atoms with van der Waals surface area (Å²) in [7, 11) is 1.42. The molecule has 2 heterocycles. The molecule has 9 nitrogen and oxygen atoms in total. The Kier molecular flexibility index (Phi) is 6.12. The fourth-order valence-corrected chi connectivity index (χ4v) is 3.09. The number of carbonyl (C=O) groups is 2. The van der Waals surface area contributed by atoms with Crippen molar-refractivity contribution in [1.82, 2.24) is 20.6 Å². The highest BCUT2D eigenvalue weighted by Gasteiger charge is 2.15. The Morgan fingerprint density at radius 1 is 1.32 bits per heavy atom. The van der Waals surface area contributed by atoms with Crippen LogP contribution in [-0.2, 0) is 11.3 Å². The molecule has 0 bridgehead atoms. The minimum Gasteiger partial charge on any atom is -0.496 e. The Bertz CT molecular complexity index is 1040. The summed E-state index contributed by atoms with van der Waals surface area (Å²) in [6, 6.07) is 8.12. The van der Waals surface area contributed by atoms with Crippen molar-refractivity contribution < 1.29 is 18.7 Å². The van der Waals surface area contributed by atoms with Gasteiger partial charge in [0.2, 0.25) is 5.91 Å². The zero-order valence-corrected chi connectivity index (χ0v) is 16.2.